The van der Waals surface area contributed by atoms with Gasteiger partial charge >= 0.3 is 5.69 Å². The van der Waals surface area contributed by atoms with Gasteiger partial charge in [0, 0.05) is 23.3 Å². The maximum absolute atomic E-state index is 12.2. The third-order valence-corrected chi connectivity index (χ3v) is 2.38. The molecule has 16 heavy (non-hydrogen) atoms. The third-order valence-electron chi connectivity index (χ3n) is 2.38. The summed E-state index contributed by atoms with van der Waals surface area (Å²) in [4.78, 5) is 23.9. The van der Waals surface area contributed by atoms with Gasteiger partial charge in [-0.2, -0.15) is 0 Å². The minimum Gasteiger partial charge on any atom is -0.295 e. The number of hydrogen-bond donors (Lipinski definition) is 0. The van der Waals surface area contributed by atoms with E-state index >= 15 is 0 Å². The van der Waals surface area contributed by atoms with Crippen molar-refractivity contribution in [2.45, 2.75) is 52.6 Å². The highest BCUT2D eigenvalue weighted by molar-refractivity contribution is 4.94. The lowest BCUT2D eigenvalue weighted by Crippen LogP contribution is -2.50. The number of nitrogens with zero attached hydrogens (tertiary/aromatic N) is 2. The van der Waals surface area contributed by atoms with E-state index in [9.17, 15) is 9.59 Å². The van der Waals surface area contributed by atoms with Crippen LogP contribution in [0.2, 0.25) is 0 Å². The van der Waals surface area contributed by atoms with Gasteiger partial charge in [0.25, 0.3) is 5.56 Å². The minimum atomic E-state index is -0.498. The molecular weight excluding hydrogens is 204 g/mol. The first kappa shape index (κ1) is 12.7. The summed E-state index contributed by atoms with van der Waals surface area (Å²) in [5, 5.41) is 0. The van der Waals surface area contributed by atoms with Crippen LogP contribution >= 0.6 is 0 Å². The van der Waals surface area contributed by atoms with E-state index in [2.05, 4.69) is 0 Å². The van der Waals surface area contributed by atoms with E-state index in [1.807, 2.05) is 41.5 Å². The summed E-state index contributed by atoms with van der Waals surface area (Å²) in [5.41, 5.74) is -1.33. The van der Waals surface area contributed by atoms with Gasteiger partial charge < -0.3 is 0 Å². The van der Waals surface area contributed by atoms with E-state index in [1.165, 1.54) is 10.6 Å². The first-order chi connectivity index (χ1) is 7.05. The summed E-state index contributed by atoms with van der Waals surface area (Å²) in [7, 11) is 0. The zero-order valence-corrected chi connectivity index (χ0v) is 10.9. The van der Waals surface area contributed by atoms with Crippen molar-refractivity contribution >= 4 is 0 Å². The molecule has 0 spiro atoms. The molecule has 0 radical (unpaired) electrons. The Labute approximate surface area is 95.5 Å². The molecule has 0 aliphatic carbocycles. The Kier molecular flexibility index (Phi) is 2.88. The largest absolute Gasteiger partial charge is 0.331 e. The Bertz CT molecular complexity index is 495. The van der Waals surface area contributed by atoms with Crippen molar-refractivity contribution in [2.24, 2.45) is 0 Å². The van der Waals surface area contributed by atoms with Crippen LogP contribution in [0.1, 0.15) is 41.5 Å². The maximum Gasteiger partial charge on any atom is 0.331 e. The molecule has 0 unspecified atom stereocenters. The molecule has 90 valence electrons. The second-order valence-corrected chi connectivity index (χ2v) is 5.98. The molecule has 0 amide bonds. The van der Waals surface area contributed by atoms with E-state index < -0.39 is 5.54 Å². The monoisotopic (exact) mass is 224 g/mol. The Morgan fingerprint density at radius 3 is 1.81 bits per heavy atom. The van der Waals surface area contributed by atoms with Crippen molar-refractivity contribution < 1.29 is 0 Å². The SMILES string of the molecule is CC(C)(C)n1ccc(=O)n(C(C)(C)C)c1=O. The normalized spacial score (nSPS) is 12.9. The van der Waals surface area contributed by atoms with Crippen LogP contribution in [0.4, 0.5) is 0 Å². The summed E-state index contributed by atoms with van der Waals surface area (Å²) in [6, 6.07) is 1.44. The first-order valence-corrected chi connectivity index (χ1v) is 5.41. The van der Waals surface area contributed by atoms with E-state index in [4.69, 9.17) is 0 Å². The molecule has 1 heterocycles. The molecule has 0 saturated carbocycles. The Morgan fingerprint density at radius 1 is 0.938 bits per heavy atom. The summed E-state index contributed by atoms with van der Waals surface area (Å²) < 4.78 is 2.87. The molecule has 0 fully saturated rings. The van der Waals surface area contributed by atoms with Gasteiger partial charge in [0.2, 0.25) is 0 Å². The highest BCUT2D eigenvalue weighted by Gasteiger charge is 2.22. The molecule has 0 aliphatic rings. The lowest BCUT2D eigenvalue weighted by molar-refractivity contribution is 0.311. The zero-order chi connectivity index (χ0) is 12.7. The lowest BCUT2D eigenvalue weighted by Gasteiger charge is -2.27. The van der Waals surface area contributed by atoms with Crippen molar-refractivity contribution in [3.63, 3.8) is 0 Å². The summed E-state index contributed by atoms with van der Waals surface area (Å²) >= 11 is 0. The maximum atomic E-state index is 12.2. The fraction of sp³-hybridized carbons (Fsp3) is 0.667. The van der Waals surface area contributed by atoms with Gasteiger partial charge in [-0.3, -0.25) is 13.9 Å². The van der Waals surface area contributed by atoms with Gasteiger partial charge in [-0.1, -0.05) is 0 Å². The molecule has 1 aromatic rings. The first-order valence-electron chi connectivity index (χ1n) is 5.41. The van der Waals surface area contributed by atoms with Gasteiger partial charge in [0.15, 0.2) is 0 Å². The average molecular weight is 224 g/mol. The molecular formula is C12H20N2O2. The minimum absolute atomic E-state index is 0.252. The predicted molar refractivity (Wildman–Crippen MR) is 65.0 cm³/mol. The van der Waals surface area contributed by atoms with Crippen LogP contribution in [0.5, 0.6) is 0 Å². The topological polar surface area (TPSA) is 44.0 Å². The molecule has 4 heteroatoms. The van der Waals surface area contributed by atoms with Crippen LogP contribution in [0.3, 0.4) is 0 Å². The lowest BCUT2D eigenvalue weighted by atomic mass is 10.1. The van der Waals surface area contributed by atoms with Gasteiger partial charge in [0.1, 0.15) is 0 Å². The van der Waals surface area contributed by atoms with Gasteiger partial charge in [-0.15, -0.1) is 0 Å². The van der Waals surface area contributed by atoms with Crippen LogP contribution in [0.15, 0.2) is 21.9 Å². The highest BCUT2D eigenvalue weighted by atomic mass is 16.2. The molecule has 0 aromatic carbocycles. The van der Waals surface area contributed by atoms with Crippen molar-refractivity contribution in [3.05, 3.63) is 33.1 Å². The third kappa shape index (κ3) is 2.26. The molecule has 0 bridgehead atoms. The predicted octanol–water partition coefficient (Wildman–Crippen LogP) is 1.52. The van der Waals surface area contributed by atoms with E-state index in [0.29, 0.717) is 0 Å². The smallest absolute Gasteiger partial charge is 0.295 e. The van der Waals surface area contributed by atoms with E-state index in [1.54, 1.807) is 10.8 Å². The standard InChI is InChI=1S/C12H20N2O2/c1-11(2,3)13-8-7-9(15)14(10(13)16)12(4,5)6/h7-8H,1-6H3. The summed E-state index contributed by atoms with van der Waals surface area (Å²) in [6.07, 6.45) is 1.56. The number of aromatic nitrogens is 2. The Hall–Kier alpha value is -1.32. The highest BCUT2D eigenvalue weighted by Crippen LogP contribution is 2.11. The van der Waals surface area contributed by atoms with Crippen LogP contribution in [-0.4, -0.2) is 9.13 Å². The van der Waals surface area contributed by atoms with E-state index in [-0.39, 0.29) is 16.8 Å². The van der Waals surface area contributed by atoms with Gasteiger partial charge in [0.05, 0.1) is 0 Å². The van der Waals surface area contributed by atoms with Gasteiger partial charge in [-0.05, 0) is 41.5 Å². The molecule has 1 aromatic heterocycles. The van der Waals surface area contributed by atoms with Crippen molar-refractivity contribution in [1.29, 1.82) is 0 Å². The Morgan fingerprint density at radius 2 is 1.44 bits per heavy atom. The molecule has 0 N–H and O–H groups in total. The summed E-state index contributed by atoms with van der Waals surface area (Å²) in [6.45, 7) is 11.4. The molecule has 0 saturated heterocycles. The van der Waals surface area contributed by atoms with Crippen LogP contribution in [0, 0.1) is 0 Å². The van der Waals surface area contributed by atoms with Crippen molar-refractivity contribution in [1.82, 2.24) is 9.13 Å². The molecule has 0 atom stereocenters. The molecule has 4 nitrogen and oxygen atoms in total. The molecule has 1 rings (SSSR count). The quantitative estimate of drug-likeness (QED) is 0.670. The van der Waals surface area contributed by atoms with Crippen LogP contribution in [0.25, 0.3) is 0 Å². The van der Waals surface area contributed by atoms with Crippen LogP contribution in [-0.2, 0) is 11.1 Å². The zero-order valence-electron chi connectivity index (χ0n) is 10.9. The van der Waals surface area contributed by atoms with Crippen LogP contribution < -0.4 is 11.2 Å². The molecule has 0 aliphatic heterocycles. The number of hydrogen-bond acceptors (Lipinski definition) is 2. The second kappa shape index (κ2) is 3.61. The fourth-order valence-corrected chi connectivity index (χ4v) is 1.61. The van der Waals surface area contributed by atoms with Gasteiger partial charge in [-0.25, -0.2) is 4.79 Å². The average Bonchev–Trinajstić information content (AvgIpc) is 1.97. The number of rotatable bonds is 0. The second-order valence-electron chi connectivity index (χ2n) is 5.98. The summed E-state index contributed by atoms with van der Waals surface area (Å²) in [5.74, 6) is 0. The van der Waals surface area contributed by atoms with Crippen molar-refractivity contribution in [2.75, 3.05) is 0 Å². The Balaban J connectivity index is 3.66. The fourth-order valence-electron chi connectivity index (χ4n) is 1.61. The van der Waals surface area contributed by atoms with Crippen molar-refractivity contribution in [3.8, 4) is 0 Å². The van der Waals surface area contributed by atoms with E-state index in [0.717, 1.165) is 0 Å².